The van der Waals surface area contributed by atoms with Gasteiger partial charge in [-0.25, -0.2) is 4.79 Å². The third-order valence-electron chi connectivity index (χ3n) is 4.82. The fraction of sp³-hybridized carbons (Fsp3) is 0.286. The molecule has 0 aliphatic rings. The minimum atomic E-state index is -0.361. The highest BCUT2D eigenvalue weighted by Crippen LogP contribution is 2.31. The van der Waals surface area contributed by atoms with Crippen molar-refractivity contribution in [2.75, 3.05) is 0 Å². The molecule has 144 valence electrons. The number of aryl methyl sites for hydroxylation is 3. The average Bonchev–Trinajstić information content (AvgIpc) is 3.25. The second-order valence-corrected chi connectivity index (χ2v) is 6.79. The van der Waals surface area contributed by atoms with Gasteiger partial charge in [0.2, 0.25) is 0 Å². The molecule has 7 heteroatoms. The minimum Gasteiger partial charge on any atom is -0.483 e. The van der Waals surface area contributed by atoms with E-state index in [9.17, 15) is 4.79 Å². The van der Waals surface area contributed by atoms with Crippen molar-refractivity contribution < 1.29 is 13.6 Å². The van der Waals surface area contributed by atoms with Crippen LogP contribution in [0.4, 0.5) is 0 Å². The zero-order valence-corrected chi connectivity index (χ0v) is 16.3. The predicted molar refractivity (Wildman–Crippen MR) is 104 cm³/mol. The molecule has 1 aromatic carbocycles. The maximum Gasteiger partial charge on any atom is 0.336 e. The molecule has 0 amide bonds. The molecule has 0 unspecified atom stereocenters. The smallest absolute Gasteiger partial charge is 0.336 e. The summed E-state index contributed by atoms with van der Waals surface area (Å²) in [5.74, 6) is 1.45. The lowest BCUT2D eigenvalue weighted by molar-refractivity contribution is 0.266. The van der Waals surface area contributed by atoms with Gasteiger partial charge in [-0.05, 0) is 55.7 Å². The highest BCUT2D eigenvalue weighted by Gasteiger charge is 2.15. The van der Waals surface area contributed by atoms with Crippen molar-refractivity contribution in [2.24, 2.45) is 7.05 Å². The molecule has 4 aromatic rings. The van der Waals surface area contributed by atoms with Crippen molar-refractivity contribution in [3.63, 3.8) is 0 Å². The Balaban J connectivity index is 1.65. The van der Waals surface area contributed by atoms with Gasteiger partial charge in [0, 0.05) is 18.8 Å². The first-order valence-corrected chi connectivity index (χ1v) is 9.11. The first-order chi connectivity index (χ1) is 13.5. The van der Waals surface area contributed by atoms with Gasteiger partial charge in [0.1, 0.15) is 17.0 Å². The van der Waals surface area contributed by atoms with E-state index in [-0.39, 0.29) is 12.2 Å². The molecule has 0 spiro atoms. The first-order valence-electron chi connectivity index (χ1n) is 9.11. The van der Waals surface area contributed by atoms with Gasteiger partial charge in [0.15, 0.2) is 6.61 Å². The lowest BCUT2D eigenvalue weighted by Gasteiger charge is -2.11. The molecule has 28 heavy (non-hydrogen) atoms. The summed E-state index contributed by atoms with van der Waals surface area (Å²) in [6, 6.07) is 9.20. The fourth-order valence-electron chi connectivity index (χ4n) is 3.25. The van der Waals surface area contributed by atoms with Gasteiger partial charge in [0.05, 0.1) is 5.39 Å². The van der Waals surface area contributed by atoms with Crippen LogP contribution in [0.2, 0.25) is 0 Å². The largest absolute Gasteiger partial charge is 0.483 e. The maximum atomic E-state index is 11.8. The van der Waals surface area contributed by atoms with E-state index < -0.39 is 0 Å². The molecule has 4 rings (SSSR count). The summed E-state index contributed by atoms with van der Waals surface area (Å²) < 4.78 is 19.1. The topological polar surface area (TPSA) is 83.3 Å². The molecule has 3 heterocycles. The van der Waals surface area contributed by atoms with Gasteiger partial charge in [-0.3, -0.25) is 0 Å². The molecule has 0 aliphatic carbocycles. The third kappa shape index (κ3) is 3.19. The normalized spacial score (nSPS) is 11.3. The molecule has 0 saturated heterocycles. The van der Waals surface area contributed by atoms with Crippen LogP contribution in [0.15, 0.2) is 44.0 Å². The summed E-state index contributed by atoms with van der Waals surface area (Å²) >= 11 is 0. The number of fused-ring (bicyclic) bond motifs is 1. The van der Waals surface area contributed by atoms with Crippen molar-refractivity contribution in [1.82, 2.24) is 14.8 Å². The number of hydrogen-bond acceptors (Lipinski definition) is 6. The maximum absolute atomic E-state index is 11.8. The highest BCUT2D eigenvalue weighted by molar-refractivity contribution is 5.87. The standard InChI is InChI=1S/C21H21N3O4/c1-5-14-10-19(25)27-17-9-12(2)8-16(20(14)17)26-11-18-22-23-21(28-18)15-7-6-13(3)24(15)4/h6-10H,5,11H2,1-4H3. The highest BCUT2D eigenvalue weighted by atomic mass is 16.5. The molecule has 7 nitrogen and oxygen atoms in total. The SMILES string of the molecule is CCc1cc(=O)oc2cc(C)cc(OCc3nnc(-c4ccc(C)n4C)o3)c12. The number of rotatable bonds is 5. The summed E-state index contributed by atoms with van der Waals surface area (Å²) in [6.45, 7) is 6.05. The van der Waals surface area contributed by atoms with Gasteiger partial charge in [0.25, 0.3) is 11.8 Å². The number of nitrogens with zero attached hydrogens (tertiary/aromatic N) is 3. The van der Waals surface area contributed by atoms with Crippen LogP contribution in [0, 0.1) is 13.8 Å². The van der Waals surface area contributed by atoms with Gasteiger partial charge >= 0.3 is 5.63 Å². The van der Waals surface area contributed by atoms with E-state index in [1.807, 2.05) is 56.7 Å². The van der Waals surface area contributed by atoms with Crippen LogP contribution < -0.4 is 10.4 Å². The zero-order chi connectivity index (χ0) is 19.8. The van der Waals surface area contributed by atoms with Crippen LogP contribution >= 0.6 is 0 Å². The van der Waals surface area contributed by atoms with Crippen molar-refractivity contribution >= 4 is 11.0 Å². The fourth-order valence-corrected chi connectivity index (χ4v) is 3.25. The van der Waals surface area contributed by atoms with E-state index in [0.717, 1.165) is 27.9 Å². The average molecular weight is 379 g/mol. The molecular formula is C21H21N3O4. The number of aromatic nitrogens is 3. The molecule has 0 saturated carbocycles. The van der Waals surface area contributed by atoms with E-state index in [4.69, 9.17) is 13.6 Å². The van der Waals surface area contributed by atoms with Gasteiger partial charge in [-0.15, -0.1) is 10.2 Å². The number of ether oxygens (including phenoxy) is 1. The summed E-state index contributed by atoms with van der Waals surface area (Å²) in [5, 5.41) is 9.01. The first kappa shape index (κ1) is 18.0. The van der Waals surface area contributed by atoms with Crippen LogP contribution in [-0.4, -0.2) is 14.8 Å². The monoisotopic (exact) mass is 379 g/mol. The Kier molecular flexibility index (Phi) is 4.50. The summed E-state index contributed by atoms with van der Waals surface area (Å²) in [6.07, 6.45) is 0.694. The Morgan fingerprint density at radius 1 is 1.11 bits per heavy atom. The molecule has 3 aromatic heterocycles. The van der Waals surface area contributed by atoms with Gasteiger partial charge < -0.3 is 18.1 Å². The Morgan fingerprint density at radius 2 is 1.93 bits per heavy atom. The molecule has 0 aliphatic heterocycles. The quantitative estimate of drug-likeness (QED) is 0.489. The Bertz CT molecular complexity index is 1220. The van der Waals surface area contributed by atoms with Gasteiger partial charge in [-0.1, -0.05) is 6.92 Å². The molecule has 0 bridgehead atoms. The van der Waals surface area contributed by atoms with Crippen LogP contribution in [0.3, 0.4) is 0 Å². The van der Waals surface area contributed by atoms with E-state index in [0.29, 0.717) is 29.5 Å². The van der Waals surface area contributed by atoms with Crippen LogP contribution in [0.1, 0.15) is 29.6 Å². The van der Waals surface area contributed by atoms with E-state index in [2.05, 4.69) is 10.2 Å². The van der Waals surface area contributed by atoms with Crippen molar-refractivity contribution in [2.45, 2.75) is 33.8 Å². The van der Waals surface area contributed by atoms with Crippen molar-refractivity contribution in [1.29, 1.82) is 0 Å². The summed E-state index contributed by atoms with van der Waals surface area (Å²) in [4.78, 5) is 11.8. The van der Waals surface area contributed by atoms with E-state index >= 15 is 0 Å². The molecule has 0 fully saturated rings. The lowest BCUT2D eigenvalue weighted by Crippen LogP contribution is -2.03. The Hall–Kier alpha value is -3.35. The third-order valence-corrected chi connectivity index (χ3v) is 4.82. The summed E-state index contributed by atoms with van der Waals surface area (Å²) in [5.41, 5.74) is 3.93. The van der Waals surface area contributed by atoms with Crippen molar-refractivity contribution in [3.05, 3.63) is 63.5 Å². The Morgan fingerprint density at radius 3 is 2.64 bits per heavy atom. The predicted octanol–water partition coefficient (Wildman–Crippen LogP) is 3.94. The van der Waals surface area contributed by atoms with Gasteiger partial charge in [-0.2, -0.15) is 0 Å². The van der Waals surface area contributed by atoms with Crippen LogP contribution in [0.25, 0.3) is 22.6 Å². The molecular weight excluding hydrogens is 358 g/mol. The second kappa shape index (κ2) is 6.99. The lowest BCUT2D eigenvalue weighted by atomic mass is 10.1. The minimum absolute atomic E-state index is 0.122. The number of benzene rings is 1. The molecule has 0 N–H and O–H groups in total. The van der Waals surface area contributed by atoms with Crippen LogP contribution in [-0.2, 0) is 20.1 Å². The van der Waals surface area contributed by atoms with Crippen molar-refractivity contribution in [3.8, 4) is 17.3 Å². The Labute approximate surface area is 161 Å². The summed E-state index contributed by atoms with van der Waals surface area (Å²) in [7, 11) is 1.95. The molecule has 0 radical (unpaired) electrons. The number of hydrogen-bond donors (Lipinski definition) is 0. The molecule has 0 atom stereocenters. The second-order valence-electron chi connectivity index (χ2n) is 6.79. The van der Waals surface area contributed by atoms with E-state index in [1.54, 1.807) is 0 Å². The van der Waals surface area contributed by atoms with Crippen LogP contribution in [0.5, 0.6) is 5.75 Å². The van der Waals surface area contributed by atoms with E-state index in [1.165, 1.54) is 6.07 Å². The zero-order valence-electron chi connectivity index (χ0n) is 16.3.